The molecule has 2 N–H and O–H groups in total. The number of carbonyl (C=O) groups excluding carboxylic acids is 1. The molecule has 25 heavy (non-hydrogen) atoms. The summed E-state index contributed by atoms with van der Waals surface area (Å²) in [6.45, 7) is 0. The summed E-state index contributed by atoms with van der Waals surface area (Å²) in [7, 11) is 0. The number of hydrogen-bond donors (Lipinski definition) is 2. The van der Waals surface area contributed by atoms with Crippen LogP contribution in [0.3, 0.4) is 0 Å². The molecule has 1 amide bonds. The van der Waals surface area contributed by atoms with Gasteiger partial charge in [0.15, 0.2) is 0 Å². The van der Waals surface area contributed by atoms with Crippen molar-refractivity contribution >= 4 is 46.2 Å². The van der Waals surface area contributed by atoms with Crippen molar-refractivity contribution in [1.82, 2.24) is 4.98 Å². The fourth-order valence-corrected chi connectivity index (χ4v) is 2.65. The van der Waals surface area contributed by atoms with Gasteiger partial charge in [-0.3, -0.25) is 9.78 Å². The van der Waals surface area contributed by atoms with Crippen LogP contribution in [-0.2, 0) is 0 Å². The molecule has 0 aliphatic heterocycles. The average molecular weight is 376 g/mol. The maximum Gasteiger partial charge on any atom is 0.257 e. The minimum absolute atomic E-state index is 0.275. The Balaban J connectivity index is 1.81. The van der Waals surface area contributed by atoms with Gasteiger partial charge in [0.1, 0.15) is 5.82 Å². The summed E-state index contributed by atoms with van der Waals surface area (Å²) in [5.41, 5.74) is 1.36. The highest BCUT2D eigenvalue weighted by Crippen LogP contribution is 2.30. The van der Waals surface area contributed by atoms with Crippen molar-refractivity contribution in [3.8, 4) is 0 Å². The highest BCUT2D eigenvalue weighted by Gasteiger charge is 2.12. The molecule has 1 heterocycles. The topological polar surface area (TPSA) is 54.0 Å². The van der Waals surface area contributed by atoms with Gasteiger partial charge in [-0.25, -0.2) is 4.39 Å². The molecule has 0 saturated heterocycles. The first-order chi connectivity index (χ1) is 12.0. The predicted octanol–water partition coefficient (Wildman–Crippen LogP) is 5.52. The van der Waals surface area contributed by atoms with Crippen LogP contribution in [0.5, 0.6) is 0 Å². The predicted molar refractivity (Wildman–Crippen MR) is 98.3 cm³/mol. The van der Waals surface area contributed by atoms with Crippen LogP contribution in [-0.4, -0.2) is 10.9 Å². The van der Waals surface area contributed by atoms with Gasteiger partial charge in [-0.2, -0.15) is 0 Å². The summed E-state index contributed by atoms with van der Waals surface area (Å²) < 4.78 is 13.7. The number of nitrogens with zero attached hydrogens (tertiary/aromatic N) is 1. The summed E-state index contributed by atoms with van der Waals surface area (Å²) in [6.07, 6.45) is 2.89. The zero-order chi connectivity index (χ0) is 17.8. The normalized spacial score (nSPS) is 10.4. The number of benzene rings is 2. The molecule has 0 aliphatic carbocycles. The van der Waals surface area contributed by atoms with Gasteiger partial charge in [0, 0.05) is 6.20 Å². The lowest BCUT2D eigenvalue weighted by Crippen LogP contribution is -2.13. The van der Waals surface area contributed by atoms with Crippen LogP contribution in [0.4, 0.5) is 21.5 Å². The summed E-state index contributed by atoms with van der Waals surface area (Å²) in [5, 5.41) is 6.19. The van der Waals surface area contributed by atoms with E-state index in [1.165, 1.54) is 18.5 Å². The molecule has 126 valence electrons. The van der Waals surface area contributed by atoms with Crippen molar-refractivity contribution in [2.75, 3.05) is 10.6 Å². The molecule has 0 saturated carbocycles. The molecular formula is C18H12Cl2FN3O. The summed E-state index contributed by atoms with van der Waals surface area (Å²) in [6, 6.07) is 12.7. The molecule has 3 rings (SSSR count). The molecule has 7 heteroatoms. The first kappa shape index (κ1) is 17.2. The van der Waals surface area contributed by atoms with Gasteiger partial charge in [0.2, 0.25) is 0 Å². The number of carbonyl (C=O) groups is 1. The third-order valence-corrected chi connectivity index (χ3v) is 3.98. The van der Waals surface area contributed by atoms with E-state index >= 15 is 0 Å². The Morgan fingerprint density at radius 3 is 2.44 bits per heavy atom. The van der Waals surface area contributed by atoms with Gasteiger partial charge in [-0.05, 0) is 30.3 Å². The van der Waals surface area contributed by atoms with Crippen molar-refractivity contribution in [2.24, 2.45) is 0 Å². The summed E-state index contributed by atoms with van der Waals surface area (Å²) >= 11 is 12.1. The van der Waals surface area contributed by atoms with Crippen molar-refractivity contribution in [3.05, 3.63) is 82.4 Å². The largest absolute Gasteiger partial charge is 0.352 e. The molecule has 3 aromatic rings. The number of aromatic nitrogens is 1. The molecular weight excluding hydrogens is 364 g/mol. The minimum atomic E-state index is -0.431. The van der Waals surface area contributed by atoms with E-state index in [0.29, 0.717) is 21.4 Å². The van der Waals surface area contributed by atoms with E-state index in [2.05, 4.69) is 15.6 Å². The second kappa shape index (κ2) is 7.51. The van der Waals surface area contributed by atoms with E-state index in [9.17, 15) is 9.18 Å². The highest BCUT2D eigenvalue weighted by atomic mass is 35.5. The monoisotopic (exact) mass is 375 g/mol. The Bertz CT molecular complexity index is 913. The fraction of sp³-hybridized carbons (Fsp3) is 0. The van der Waals surface area contributed by atoms with Gasteiger partial charge in [-0.15, -0.1) is 0 Å². The van der Waals surface area contributed by atoms with Crippen LogP contribution in [0.15, 0.2) is 60.9 Å². The van der Waals surface area contributed by atoms with Gasteiger partial charge < -0.3 is 10.6 Å². The Morgan fingerprint density at radius 1 is 1.00 bits per heavy atom. The van der Waals surface area contributed by atoms with E-state index in [1.54, 1.807) is 42.5 Å². The quantitative estimate of drug-likeness (QED) is 0.630. The lowest BCUT2D eigenvalue weighted by atomic mass is 10.2. The second-order valence-electron chi connectivity index (χ2n) is 5.12. The Morgan fingerprint density at radius 2 is 1.72 bits per heavy atom. The molecule has 0 fully saturated rings. The average Bonchev–Trinajstić information content (AvgIpc) is 2.60. The first-order valence-electron chi connectivity index (χ1n) is 7.26. The zero-order valence-electron chi connectivity index (χ0n) is 12.8. The molecule has 1 aromatic heterocycles. The zero-order valence-corrected chi connectivity index (χ0v) is 14.3. The van der Waals surface area contributed by atoms with Crippen LogP contribution in [0, 0.1) is 5.82 Å². The van der Waals surface area contributed by atoms with Crippen LogP contribution in [0.25, 0.3) is 0 Å². The number of pyridine rings is 1. The second-order valence-corrected chi connectivity index (χ2v) is 5.93. The molecule has 0 spiro atoms. The van der Waals surface area contributed by atoms with E-state index in [0.717, 1.165) is 0 Å². The molecule has 0 atom stereocenters. The smallest absolute Gasteiger partial charge is 0.257 e. The van der Waals surface area contributed by atoms with Gasteiger partial charge >= 0.3 is 0 Å². The number of amides is 1. The number of para-hydroxylation sites is 2. The van der Waals surface area contributed by atoms with Gasteiger partial charge in [-0.1, -0.05) is 41.4 Å². The lowest BCUT2D eigenvalue weighted by molar-refractivity contribution is 0.102. The highest BCUT2D eigenvalue weighted by molar-refractivity contribution is 6.40. The van der Waals surface area contributed by atoms with Crippen LogP contribution in [0.2, 0.25) is 10.0 Å². The van der Waals surface area contributed by atoms with E-state index in [-0.39, 0.29) is 11.3 Å². The van der Waals surface area contributed by atoms with Crippen molar-refractivity contribution < 1.29 is 9.18 Å². The van der Waals surface area contributed by atoms with Crippen LogP contribution < -0.4 is 10.6 Å². The molecule has 4 nitrogen and oxygen atoms in total. The van der Waals surface area contributed by atoms with Gasteiger partial charge in [0.05, 0.1) is 38.9 Å². The molecule has 0 unspecified atom stereocenters. The Hall–Kier alpha value is -2.63. The molecule has 0 bridgehead atoms. The number of anilines is 3. The summed E-state index contributed by atoms with van der Waals surface area (Å²) in [4.78, 5) is 16.4. The van der Waals surface area contributed by atoms with Gasteiger partial charge in [0.25, 0.3) is 5.91 Å². The number of halogens is 3. The number of rotatable bonds is 4. The maximum atomic E-state index is 13.7. The molecule has 0 radical (unpaired) electrons. The molecule has 0 aliphatic rings. The van der Waals surface area contributed by atoms with E-state index < -0.39 is 11.7 Å². The minimum Gasteiger partial charge on any atom is -0.352 e. The fourth-order valence-electron chi connectivity index (χ4n) is 2.15. The number of nitrogens with one attached hydrogen (secondary N) is 2. The Labute approximate surface area is 153 Å². The van der Waals surface area contributed by atoms with E-state index in [1.807, 2.05) is 0 Å². The third-order valence-electron chi connectivity index (χ3n) is 3.35. The van der Waals surface area contributed by atoms with E-state index in [4.69, 9.17) is 23.2 Å². The van der Waals surface area contributed by atoms with Crippen molar-refractivity contribution in [3.63, 3.8) is 0 Å². The van der Waals surface area contributed by atoms with Crippen LogP contribution >= 0.6 is 23.2 Å². The lowest BCUT2D eigenvalue weighted by Gasteiger charge is -2.11. The third kappa shape index (κ3) is 4.07. The van der Waals surface area contributed by atoms with Crippen molar-refractivity contribution in [2.45, 2.75) is 0 Å². The standard InChI is InChI=1S/C18H12Cl2FN3O/c19-13-4-3-5-14(20)17(13)24-18(25)11-8-12(10-22-9-11)23-16-7-2-1-6-15(16)21/h1-10,23H,(H,24,25). The van der Waals surface area contributed by atoms with Crippen molar-refractivity contribution in [1.29, 1.82) is 0 Å². The van der Waals surface area contributed by atoms with Crippen LogP contribution in [0.1, 0.15) is 10.4 Å². The first-order valence-corrected chi connectivity index (χ1v) is 8.02. The Kier molecular flexibility index (Phi) is 5.16. The SMILES string of the molecule is O=C(Nc1c(Cl)cccc1Cl)c1cncc(Nc2ccccc2F)c1. The maximum absolute atomic E-state index is 13.7. The molecule has 2 aromatic carbocycles. The summed E-state index contributed by atoms with van der Waals surface area (Å²) in [5.74, 6) is -0.833. The number of hydrogen-bond acceptors (Lipinski definition) is 3.